The van der Waals surface area contributed by atoms with Crippen molar-refractivity contribution in [1.29, 1.82) is 0 Å². The number of esters is 1. The molecule has 0 amide bonds. The van der Waals surface area contributed by atoms with Crippen molar-refractivity contribution in [2.75, 3.05) is 29.2 Å². The molecule has 0 aliphatic carbocycles. The van der Waals surface area contributed by atoms with Crippen LogP contribution in [0.5, 0.6) is 0 Å². The van der Waals surface area contributed by atoms with E-state index < -0.39 is 10.8 Å². The molecule has 5 nitrogen and oxygen atoms in total. The molecule has 110 valence electrons. The fraction of sp³-hybridized carbons (Fsp3) is 0.500. The van der Waals surface area contributed by atoms with Gasteiger partial charge in [-0.3, -0.25) is 4.21 Å². The zero-order chi connectivity index (χ0) is 14.5. The van der Waals surface area contributed by atoms with Gasteiger partial charge in [0.25, 0.3) is 0 Å². The normalized spacial score (nSPS) is 22.2. The molecule has 1 aliphatic heterocycles. The maximum atomic E-state index is 11.9. The van der Waals surface area contributed by atoms with E-state index in [0.29, 0.717) is 35.1 Å². The Kier molecular flexibility index (Phi) is 5.00. The Morgan fingerprint density at radius 3 is 2.80 bits per heavy atom. The van der Waals surface area contributed by atoms with Crippen LogP contribution >= 0.6 is 0 Å². The number of benzene rings is 1. The van der Waals surface area contributed by atoms with Gasteiger partial charge in [-0.2, -0.15) is 0 Å². The predicted molar refractivity (Wildman–Crippen MR) is 81.3 cm³/mol. The van der Waals surface area contributed by atoms with Crippen molar-refractivity contribution in [3.8, 4) is 0 Å². The lowest BCUT2D eigenvalue weighted by Gasteiger charge is -2.25. The third-order valence-electron chi connectivity index (χ3n) is 3.33. The van der Waals surface area contributed by atoms with Crippen molar-refractivity contribution in [1.82, 2.24) is 0 Å². The molecule has 0 aromatic heterocycles. The minimum atomic E-state index is -0.704. The van der Waals surface area contributed by atoms with E-state index >= 15 is 0 Å². The summed E-state index contributed by atoms with van der Waals surface area (Å²) in [6.45, 7) is 2.10. The molecule has 1 heterocycles. The number of nitrogens with one attached hydrogen (secondary N) is 1. The van der Waals surface area contributed by atoms with Crippen LogP contribution in [0.15, 0.2) is 18.2 Å². The van der Waals surface area contributed by atoms with E-state index in [0.717, 1.165) is 12.8 Å². The van der Waals surface area contributed by atoms with Crippen LogP contribution in [-0.2, 0) is 15.5 Å². The van der Waals surface area contributed by atoms with E-state index in [-0.39, 0.29) is 12.0 Å². The maximum absolute atomic E-state index is 11.9. The Morgan fingerprint density at radius 1 is 1.45 bits per heavy atom. The maximum Gasteiger partial charge on any atom is 0.340 e. The van der Waals surface area contributed by atoms with Crippen molar-refractivity contribution in [2.45, 2.75) is 25.8 Å². The minimum absolute atomic E-state index is 0.200. The van der Waals surface area contributed by atoms with Gasteiger partial charge in [-0.05, 0) is 31.9 Å². The Labute approximate surface area is 121 Å². The first-order valence-corrected chi connectivity index (χ1v) is 8.27. The summed E-state index contributed by atoms with van der Waals surface area (Å²) in [7, 11) is -0.704. The highest BCUT2D eigenvalue weighted by atomic mass is 32.2. The van der Waals surface area contributed by atoms with Crippen LogP contribution in [0.4, 0.5) is 11.4 Å². The molecule has 0 unspecified atom stereocenters. The van der Waals surface area contributed by atoms with Crippen LogP contribution in [-0.4, -0.2) is 34.3 Å². The fourth-order valence-electron chi connectivity index (χ4n) is 2.25. The Bertz CT molecular complexity index is 509. The summed E-state index contributed by atoms with van der Waals surface area (Å²) in [6.07, 6.45) is 1.65. The number of carbonyl (C=O) groups excluding carboxylic acids is 1. The van der Waals surface area contributed by atoms with E-state index in [2.05, 4.69) is 5.32 Å². The third-order valence-corrected chi connectivity index (χ3v) is 4.71. The van der Waals surface area contributed by atoms with Gasteiger partial charge in [-0.25, -0.2) is 4.79 Å². The summed E-state index contributed by atoms with van der Waals surface area (Å²) in [5.74, 6) is 1.01. The molecule has 3 N–H and O–H groups in total. The van der Waals surface area contributed by atoms with Gasteiger partial charge in [0.1, 0.15) is 0 Å². The molecule has 6 heteroatoms. The van der Waals surface area contributed by atoms with E-state index in [9.17, 15) is 9.00 Å². The van der Waals surface area contributed by atoms with Crippen LogP contribution in [0.25, 0.3) is 0 Å². The van der Waals surface area contributed by atoms with E-state index in [1.165, 1.54) is 0 Å². The molecule has 20 heavy (non-hydrogen) atoms. The molecular formula is C14H20N2O3S. The van der Waals surface area contributed by atoms with Gasteiger partial charge >= 0.3 is 5.97 Å². The van der Waals surface area contributed by atoms with Gasteiger partial charge in [-0.15, -0.1) is 0 Å². The van der Waals surface area contributed by atoms with Gasteiger partial charge < -0.3 is 15.8 Å². The summed E-state index contributed by atoms with van der Waals surface area (Å²) in [6, 6.07) is 5.40. The molecule has 0 bridgehead atoms. The Hall–Kier alpha value is -1.56. The summed E-state index contributed by atoms with van der Waals surface area (Å²) in [5, 5.41) is 3.32. The second kappa shape index (κ2) is 6.74. The van der Waals surface area contributed by atoms with Gasteiger partial charge in [0.2, 0.25) is 0 Å². The lowest BCUT2D eigenvalue weighted by molar-refractivity contribution is 0.0527. The second-order valence-electron chi connectivity index (χ2n) is 4.76. The quantitative estimate of drug-likeness (QED) is 0.653. The smallest absolute Gasteiger partial charge is 0.340 e. The van der Waals surface area contributed by atoms with Gasteiger partial charge in [0.15, 0.2) is 0 Å². The third kappa shape index (κ3) is 3.50. The zero-order valence-electron chi connectivity index (χ0n) is 11.6. The van der Waals surface area contributed by atoms with Gasteiger partial charge in [-0.1, -0.05) is 6.07 Å². The highest BCUT2D eigenvalue weighted by Gasteiger charge is 2.21. The standard InChI is InChI=1S/C14H20N2O3S/c1-2-19-14(17)11-4-3-5-12(15)13(11)16-10-6-8-20(18)9-7-10/h3-5,10,16H,2,6-9,15H2,1H3. The van der Waals surface area contributed by atoms with Gasteiger partial charge in [0, 0.05) is 28.3 Å². The Morgan fingerprint density at radius 2 is 2.15 bits per heavy atom. The van der Waals surface area contributed by atoms with Crippen molar-refractivity contribution in [3.05, 3.63) is 23.8 Å². The lowest BCUT2D eigenvalue weighted by Crippen LogP contribution is -2.30. The number of anilines is 2. The number of nitrogens with two attached hydrogens (primary N) is 1. The van der Waals surface area contributed by atoms with Crippen LogP contribution < -0.4 is 11.1 Å². The number of carbonyl (C=O) groups is 1. The number of hydrogen-bond donors (Lipinski definition) is 2. The summed E-state index contributed by atoms with van der Waals surface area (Å²) >= 11 is 0. The minimum Gasteiger partial charge on any atom is -0.462 e. The number of rotatable bonds is 4. The van der Waals surface area contributed by atoms with E-state index in [1.807, 2.05) is 0 Å². The molecule has 1 aromatic rings. The highest BCUT2D eigenvalue weighted by Crippen LogP contribution is 2.27. The molecule has 0 atom stereocenters. The average molecular weight is 296 g/mol. The lowest BCUT2D eigenvalue weighted by atomic mass is 10.1. The monoisotopic (exact) mass is 296 g/mol. The molecule has 1 aromatic carbocycles. The average Bonchev–Trinajstić information content (AvgIpc) is 2.43. The summed E-state index contributed by atoms with van der Waals surface area (Å²) in [5.41, 5.74) is 7.58. The van der Waals surface area contributed by atoms with Crippen molar-refractivity contribution in [2.24, 2.45) is 0 Å². The number of para-hydroxylation sites is 1. The predicted octanol–water partition coefficient (Wildman–Crippen LogP) is 1.77. The largest absolute Gasteiger partial charge is 0.462 e. The van der Waals surface area contributed by atoms with Gasteiger partial charge in [0.05, 0.1) is 23.5 Å². The van der Waals surface area contributed by atoms with E-state index in [4.69, 9.17) is 10.5 Å². The van der Waals surface area contributed by atoms with Crippen LogP contribution in [0.3, 0.4) is 0 Å². The fourth-order valence-corrected chi connectivity index (χ4v) is 3.55. The molecule has 1 aliphatic rings. The molecular weight excluding hydrogens is 276 g/mol. The molecule has 2 rings (SSSR count). The first-order valence-electron chi connectivity index (χ1n) is 6.79. The first-order chi connectivity index (χ1) is 9.61. The summed E-state index contributed by atoms with van der Waals surface area (Å²) in [4.78, 5) is 11.9. The topological polar surface area (TPSA) is 81.4 Å². The Balaban J connectivity index is 2.17. The molecule has 0 radical (unpaired) electrons. The van der Waals surface area contributed by atoms with Crippen molar-refractivity contribution in [3.63, 3.8) is 0 Å². The molecule has 0 spiro atoms. The van der Waals surface area contributed by atoms with E-state index in [1.54, 1.807) is 25.1 Å². The first kappa shape index (κ1) is 14.8. The number of hydrogen-bond acceptors (Lipinski definition) is 5. The molecule has 1 fully saturated rings. The zero-order valence-corrected chi connectivity index (χ0v) is 12.4. The number of nitrogen functional groups attached to an aromatic ring is 1. The van der Waals surface area contributed by atoms with Crippen LogP contribution in [0.2, 0.25) is 0 Å². The molecule has 1 saturated heterocycles. The summed E-state index contributed by atoms with van der Waals surface area (Å²) < 4.78 is 16.4. The van der Waals surface area contributed by atoms with Crippen LogP contribution in [0.1, 0.15) is 30.1 Å². The molecule has 0 saturated carbocycles. The van der Waals surface area contributed by atoms with Crippen molar-refractivity contribution < 1.29 is 13.7 Å². The van der Waals surface area contributed by atoms with Crippen molar-refractivity contribution >= 4 is 28.1 Å². The number of ether oxygens (including phenoxy) is 1. The SMILES string of the molecule is CCOC(=O)c1cccc(N)c1NC1CCS(=O)CC1. The highest BCUT2D eigenvalue weighted by molar-refractivity contribution is 7.85. The van der Waals surface area contributed by atoms with Crippen LogP contribution in [0, 0.1) is 0 Å². The second-order valence-corrected chi connectivity index (χ2v) is 6.45.